The summed E-state index contributed by atoms with van der Waals surface area (Å²) in [5.41, 5.74) is 0.197. The van der Waals surface area contributed by atoms with Crippen molar-refractivity contribution in [3.8, 4) is 0 Å². The molecule has 1 heterocycles. The Morgan fingerprint density at radius 1 is 1.22 bits per heavy atom. The van der Waals surface area contributed by atoms with Crippen molar-refractivity contribution in [2.24, 2.45) is 0 Å². The van der Waals surface area contributed by atoms with Crippen LogP contribution in [0.15, 0.2) is 42.6 Å². The Morgan fingerprint density at radius 2 is 1.94 bits per heavy atom. The third-order valence-corrected chi connectivity index (χ3v) is 2.61. The van der Waals surface area contributed by atoms with Gasteiger partial charge in [0, 0.05) is 6.54 Å². The Morgan fingerprint density at radius 3 is 2.50 bits per heavy atom. The van der Waals surface area contributed by atoms with Crippen LogP contribution in [-0.2, 0) is 0 Å². The van der Waals surface area contributed by atoms with E-state index in [4.69, 9.17) is 0 Å². The van der Waals surface area contributed by atoms with Gasteiger partial charge in [-0.1, -0.05) is 36.4 Å². The average Bonchev–Trinajstić information content (AvgIpc) is 2.37. The molecule has 18 heavy (non-hydrogen) atoms. The first-order chi connectivity index (χ1) is 8.57. The summed E-state index contributed by atoms with van der Waals surface area (Å²) in [6.07, 6.45) is -1.51. The summed E-state index contributed by atoms with van der Waals surface area (Å²) in [6, 6.07) is 6.11. The summed E-state index contributed by atoms with van der Waals surface area (Å²) in [5.74, 6) is 0. The molecule has 0 aliphatic carbocycles. The molecular formula is C12H14F3N3. The first-order valence-corrected chi connectivity index (χ1v) is 5.59. The molecule has 3 N–H and O–H groups in total. The van der Waals surface area contributed by atoms with Crippen molar-refractivity contribution in [3.63, 3.8) is 0 Å². The summed E-state index contributed by atoms with van der Waals surface area (Å²) in [5, 5.41) is 8.18. The Kier molecular flexibility index (Phi) is 3.88. The van der Waals surface area contributed by atoms with Crippen molar-refractivity contribution in [1.29, 1.82) is 0 Å². The maximum atomic E-state index is 13.0. The number of benzene rings is 1. The molecule has 0 spiro atoms. The van der Waals surface area contributed by atoms with Gasteiger partial charge in [0.2, 0.25) is 0 Å². The van der Waals surface area contributed by atoms with Crippen molar-refractivity contribution in [2.45, 2.75) is 18.5 Å². The van der Waals surface area contributed by atoms with Crippen LogP contribution in [0.5, 0.6) is 0 Å². The molecule has 1 aliphatic rings. The number of hydrogen-bond donors (Lipinski definition) is 3. The molecule has 2 rings (SSSR count). The molecule has 98 valence electrons. The Bertz CT molecular complexity index is 403. The van der Waals surface area contributed by atoms with Crippen LogP contribution in [0.3, 0.4) is 0 Å². The quantitative estimate of drug-likeness (QED) is 0.773. The minimum Gasteiger partial charge on any atom is -0.364 e. The van der Waals surface area contributed by atoms with Crippen LogP contribution in [-0.4, -0.2) is 19.0 Å². The third kappa shape index (κ3) is 3.24. The fourth-order valence-corrected chi connectivity index (χ4v) is 1.77. The van der Waals surface area contributed by atoms with Gasteiger partial charge >= 0.3 is 6.18 Å². The second-order valence-corrected chi connectivity index (χ2v) is 3.96. The zero-order valence-electron chi connectivity index (χ0n) is 9.54. The SMILES string of the molecule is FC(F)(F)C(NC1NC=CCN1)c1ccccc1. The second-order valence-electron chi connectivity index (χ2n) is 3.96. The Balaban J connectivity index is 2.13. The monoisotopic (exact) mass is 257 g/mol. The molecule has 1 aromatic carbocycles. The van der Waals surface area contributed by atoms with Crippen molar-refractivity contribution >= 4 is 0 Å². The van der Waals surface area contributed by atoms with E-state index in [0.717, 1.165) is 0 Å². The molecule has 0 fully saturated rings. The van der Waals surface area contributed by atoms with E-state index >= 15 is 0 Å². The van der Waals surface area contributed by atoms with Gasteiger partial charge < -0.3 is 5.32 Å². The van der Waals surface area contributed by atoms with Crippen molar-refractivity contribution in [1.82, 2.24) is 16.0 Å². The number of hydrogen-bond acceptors (Lipinski definition) is 3. The van der Waals surface area contributed by atoms with E-state index in [1.165, 1.54) is 12.1 Å². The van der Waals surface area contributed by atoms with Gasteiger partial charge in [-0.25, -0.2) is 0 Å². The van der Waals surface area contributed by atoms with Crippen LogP contribution in [0.1, 0.15) is 11.6 Å². The highest BCUT2D eigenvalue weighted by Crippen LogP contribution is 2.32. The van der Waals surface area contributed by atoms with E-state index in [1.807, 2.05) is 0 Å². The summed E-state index contributed by atoms with van der Waals surface area (Å²) < 4.78 is 39.1. The zero-order chi connectivity index (χ0) is 13.0. The van der Waals surface area contributed by atoms with Crippen LogP contribution in [0, 0.1) is 0 Å². The molecule has 0 radical (unpaired) electrons. The Hall–Kier alpha value is -1.53. The van der Waals surface area contributed by atoms with Gasteiger partial charge in [-0.05, 0) is 11.8 Å². The minimum absolute atomic E-state index is 0.197. The number of halogens is 3. The zero-order valence-corrected chi connectivity index (χ0v) is 9.54. The molecule has 6 heteroatoms. The highest BCUT2D eigenvalue weighted by atomic mass is 19.4. The standard InChI is InChI=1S/C12H14F3N3/c13-12(14,15)10(9-5-2-1-3-6-9)18-11-16-7-4-8-17-11/h1-7,10-11,16-18H,8H2. The van der Waals surface area contributed by atoms with Gasteiger partial charge in [0.1, 0.15) is 12.3 Å². The first kappa shape index (κ1) is 12.9. The molecule has 1 aliphatic heterocycles. The maximum absolute atomic E-state index is 13.0. The van der Waals surface area contributed by atoms with Gasteiger partial charge in [0.05, 0.1) is 0 Å². The lowest BCUT2D eigenvalue weighted by molar-refractivity contribution is -0.160. The molecule has 1 aromatic rings. The van der Waals surface area contributed by atoms with Crippen molar-refractivity contribution in [2.75, 3.05) is 6.54 Å². The summed E-state index contributed by atoms with van der Waals surface area (Å²) in [6.45, 7) is 0.532. The fraction of sp³-hybridized carbons (Fsp3) is 0.333. The minimum atomic E-state index is -4.34. The lowest BCUT2D eigenvalue weighted by Crippen LogP contribution is -2.56. The molecule has 0 aromatic heterocycles. The second kappa shape index (κ2) is 5.41. The van der Waals surface area contributed by atoms with E-state index in [1.54, 1.807) is 30.5 Å². The number of nitrogens with one attached hydrogen (secondary N) is 3. The normalized spacial score (nSPS) is 21.4. The topological polar surface area (TPSA) is 36.1 Å². The number of alkyl halides is 3. The van der Waals surface area contributed by atoms with E-state index in [9.17, 15) is 13.2 Å². The highest BCUT2D eigenvalue weighted by Gasteiger charge is 2.41. The molecule has 0 bridgehead atoms. The number of rotatable bonds is 3. The average molecular weight is 257 g/mol. The lowest BCUT2D eigenvalue weighted by Gasteiger charge is -2.30. The third-order valence-electron chi connectivity index (χ3n) is 2.61. The molecule has 2 unspecified atom stereocenters. The van der Waals surface area contributed by atoms with Gasteiger partial charge in [0.15, 0.2) is 0 Å². The summed E-state index contributed by atoms with van der Waals surface area (Å²) in [4.78, 5) is 0. The van der Waals surface area contributed by atoms with Gasteiger partial charge in [0.25, 0.3) is 0 Å². The van der Waals surface area contributed by atoms with Gasteiger partial charge in [-0.2, -0.15) is 13.2 Å². The van der Waals surface area contributed by atoms with Gasteiger partial charge in [-0.3, -0.25) is 10.6 Å². The molecular weight excluding hydrogens is 243 g/mol. The van der Waals surface area contributed by atoms with Gasteiger partial charge in [-0.15, -0.1) is 0 Å². The van der Waals surface area contributed by atoms with E-state index in [0.29, 0.717) is 6.54 Å². The van der Waals surface area contributed by atoms with E-state index < -0.39 is 18.5 Å². The van der Waals surface area contributed by atoms with Crippen LogP contribution in [0.25, 0.3) is 0 Å². The van der Waals surface area contributed by atoms with E-state index in [-0.39, 0.29) is 5.56 Å². The van der Waals surface area contributed by atoms with Crippen LogP contribution in [0.4, 0.5) is 13.2 Å². The fourth-order valence-electron chi connectivity index (χ4n) is 1.77. The summed E-state index contributed by atoms with van der Waals surface area (Å²) in [7, 11) is 0. The summed E-state index contributed by atoms with van der Waals surface area (Å²) >= 11 is 0. The molecule has 2 atom stereocenters. The van der Waals surface area contributed by atoms with E-state index in [2.05, 4.69) is 16.0 Å². The molecule has 3 nitrogen and oxygen atoms in total. The van der Waals surface area contributed by atoms with Crippen molar-refractivity contribution < 1.29 is 13.2 Å². The van der Waals surface area contributed by atoms with Crippen LogP contribution >= 0.6 is 0 Å². The van der Waals surface area contributed by atoms with Crippen molar-refractivity contribution in [3.05, 3.63) is 48.2 Å². The maximum Gasteiger partial charge on any atom is 0.408 e. The molecule has 0 saturated carbocycles. The van der Waals surface area contributed by atoms with Crippen LogP contribution < -0.4 is 16.0 Å². The van der Waals surface area contributed by atoms with Crippen LogP contribution in [0.2, 0.25) is 0 Å². The first-order valence-electron chi connectivity index (χ1n) is 5.59. The predicted octanol–water partition coefficient (Wildman–Crippen LogP) is 1.87. The smallest absolute Gasteiger partial charge is 0.364 e. The lowest BCUT2D eigenvalue weighted by atomic mass is 10.1. The Labute approximate surface area is 103 Å². The molecule has 0 saturated heterocycles. The molecule has 0 amide bonds. The highest BCUT2D eigenvalue weighted by molar-refractivity contribution is 5.20. The predicted molar refractivity (Wildman–Crippen MR) is 62.4 cm³/mol. The largest absolute Gasteiger partial charge is 0.408 e.